The number of nitrogens with zero attached hydrogens (tertiary/aromatic N) is 2. The maximum atomic E-state index is 13.5. The second-order valence-corrected chi connectivity index (χ2v) is 9.81. The number of fused-ring (bicyclic) bond motifs is 2. The van der Waals surface area contributed by atoms with Crippen LogP contribution in [0.15, 0.2) is 18.2 Å². The highest BCUT2D eigenvalue weighted by atomic mass is 16.5. The van der Waals surface area contributed by atoms with Gasteiger partial charge in [-0.1, -0.05) is 6.42 Å². The van der Waals surface area contributed by atoms with Crippen molar-refractivity contribution in [2.45, 2.75) is 45.1 Å². The molecular weight excluding hydrogens is 444 g/mol. The zero-order valence-electron chi connectivity index (χ0n) is 20.5. The first-order valence-electron chi connectivity index (χ1n) is 12.6. The monoisotopic (exact) mass is 478 g/mol. The van der Waals surface area contributed by atoms with Crippen LogP contribution in [0.1, 0.15) is 58.6 Å². The van der Waals surface area contributed by atoms with E-state index in [1.807, 2.05) is 25.1 Å². The van der Waals surface area contributed by atoms with Crippen molar-refractivity contribution >= 4 is 29.2 Å². The van der Waals surface area contributed by atoms with Crippen molar-refractivity contribution in [3.63, 3.8) is 0 Å². The van der Waals surface area contributed by atoms with E-state index in [2.05, 4.69) is 15.2 Å². The third-order valence-corrected chi connectivity index (χ3v) is 7.37. The molecular formula is C27H34N4O4. The highest BCUT2D eigenvalue weighted by molar-refractivity contribution is 6.35. The number of aliphatic hydroxyl groups is 1. The van der Waals surface area contributed by atoms with E-state index in [-0.39, 0.29) is 11.8 Å². The Bertz CT molecular complexity index is 1160. The van der Waals surface area contributed by atoms with E-state index in [9.17, 15) is 14.7 Å². The fourth-order valence-electron chi connectivity index (χ4n) is 5.52. The topological polar surface area (TPSA) is 97.9 Å². The average Bonchev–Trinajstić information content (AvgIpc) is 3.27. The lowest BCUT2D eigenvalue weighted by Crippen LogP contribution is -2.44. The van der Waals surface area contributed by atoms with E-state index in [1.54, 1.807) is 18.1 Å². The molecule has 0 unspecified atom stereocenters. The number of nitrogens with one attached hydrogen (secondary N) is 2. The molecule has 0 bridgehead atoms. The average molecular weight is 479 g/mol. The van der Waals surface area contributed by atoms with Crippen LogP contribution in [0.3, 0.4) is 0 Å². The number of aromatic nitrogens is 1. The van der Waals surface area contributed by atoms with Crippen molar-refractivity contribution in [3.05, 3.63) is 46.3 Å². The standard InChI is InChI=1S/C27H34N4O4/c1-17-23(14-21-20-9-8-19(35-2)13-24(20)29-26(21)33)28-22-7-6-12-31(27(34)25(17)22)16-18(32)15-30-10-4-3-5-11-30/h8-9,13-14,18,28,32H,3-7,10-12,15-16H2,1-2H3,(H,29,33)/b21-14-/t18-/m1/s1. The molecule has 35 heavy (non-hydrogen) atoms. The van der Waals surface area contributed by atoms with Gasteiger partial charge in [-0.25, -0.2) is 0 Å². The summed E-state index contributed by atoms with van der Waals surface area (Å²) in [5, 5.41) is 13.6. The van der Waals surface area contributed by atoms with E-state index in [4.69, 9.17) is 4.74 Å². The summed E-state index contributed by atoms with van der Waals surface area (Å²) in [6.07, 6.45) is 6.46. The number of hydrogen-bond acceptors (Lipinski definition) is 5. The van der Waals surface area contributed by atoms with E-state index in [0.717, 1.165) is 54.1 Å². The Morgan fingerprint density at radius 3 is 2.69 bits per heavy atom. The van der Waals surface area contributed by atoms with Gasteiger partial charge in [0.15, 0.2) is 0 Å². The van der Waals surface area contributed by atoms with Crippen LogP contribution in [-0.2, 0) is 11.2 Å². The quantitative estimate of drug-likeness (QED) is 0.555. The SMILES string of the molecule is COc1ccc2c(c1)NC(=O)/C2=C\c1[nH]c2c(c1C)C(=O)N(C[C@H](O)CN1CCCCC1)CCC2. The lowest BCUT2D eigenvalue weighted by atomic mass is 10.0. The predicted octanol–water partition coefficient (Wildman–Crippen LogP) is 3.06. The summed E-state index contributed by atoms with van der Waals surface area (Å²) >= 11 is 0. The molecule has 3 N–H and O–H groups in total. The maximum absolute atomic E-state index is 13.5. The lowest BCUT2D eigenvalue weighted by Gasteiger charge is -2.31. The molecule has 186 valence electrons. The number of ether oxygens (including phenoxy) is 1. The van der Waals surface area contributed by atoms with Gasteiger partial charge in [0.2, 0.25) is 0 Å². The number of H-pyrrole nitrogens is 1. The second-order valence-electron chi connectivity index (χ2n) is 9.81. The maximum Gasteiger partial charge on any atom is 0.256 e. The summed E-state index contributed by atoms with van der Waals surface area (Å²) in [6.45, 7) is 5.55. The van der Waals surface area contributed by atoms with Crippen molar-refractivity contribution in [2.24, 2.45) is 0 Å². The van der Waals surface area contributed by atoms with Crippen LogP contribution < -0.4 is 10.1 Å². The lowest BCUT2D eigenvalue weighted by molar-refractivity contribution is -0.110. The van der Waals surface area contributed by atoms with Gasteiger partial charge in [0.25, 0.3) is 11.8 Å². The first-order chi connectivity index (χ1) is 16.9. The first-order valence-corrected chi connectivity index (χ1v) is 12.6. The molecule has 8 heteroatoms. The molecule has 1 atom stereocenters. The van der Waals surface area contributed by atoms with Gasteiger partial charge in [0.1, 0.15) is 5.75 Å². The zero-order chi connectivity index (χ0) is 24.5. The third-order valence-electron chi connectivity index (χ3n) is 7.37. The predicted molar refractivity (Wildman–Crippen MR) is 136 cm³/mol. The van der Waals surface area contributed by atoms with Crippen LogP contribution in [0.2, 0.25) is 0 Å². The van der Waals surface area contributed by atoms with Crippen molar-refractivity contribution in [1.29, 1.82) is 0 Å². The summed E-state index contributed by atoms with van der Waals surface area (Å²) in [4.78, 5) is 33.7. The van der Waals surface area contributed by atoms with Gasteiger partial charge < -0.3 is 29.9 Å². The van der Waals surface area contributed by atoms with Gasteiger partial charge in [0.05, 0.1) is 30.0 Å². The fourth-order valence-corrected chi connectivity index (χ4v) is 5.52. The molecule has 1 fully saturated rings. The molecule has 3 aliphatic rings. The Kier molecular flexibility index (Phi) is 6.67. The molecule has 1 aromatic carbocycles. The van der Waals surface area contributed by atoms with Crippen LogP contribution in [0.25, 0.3) is 11.6 Å². The van der Waals surface area contributed by atoms with Crippen LogP contribution in [0, 0.1) is 6.92 Å². The minimum atomic E-state index is -0.560. The number of aromatic amines is 1. The Morgan fingerprint density at radius 2 is 1.91 bits per heavy atom. The zero-order valence-corrected chi connectivity index (χ0v) is 20.5. The normalized spacial score (nSPS) is 20.4. The molecule has 0 radical (unpaired) electrons. The Hall–Kier alpha value is -3.10. The van der Waals surface area contributed by atoms with Gasteiger partial charge in [-0.3, -0.25) is 9.59 Å². The van der Waals surface area contributed by atoms with E-state index >= 15 is 0 Å². The first kappa shape index (κ1) is 23.6. The summed E-state index contributed by atoms with van der Waals surface area (Å²) in [5.41, 5.74) is 5.28. The van der Waals surface area contributed by atoms with Gasteiger partial charge in [-0.15, -0.1) is 0 Å². The molecule has 2 aromatic rings. The number of β-amino-alcohol motifs (C(OH)–C–C–N with tert-alkyl or cyclic N) is 1. The summed E-state index contributed by atoms with van der Waals surface area (Å²) < 4.78 is 5.27. The number of carbonyl (C=O) groups excluding carboxylic acids is 2. The molecule has 1 aromatic heterocycles. The Morgan fingerprint density at radius 1 is 1.11 bits per heavy atom. The number of likely N-dealkylation sites (tertiary alicyclic amines) is 1. The van der Waals surface area contributed by atoms with Crippen LogP contribution in [0.5, 0.6) is 5.75 Å². The molecule has 0 saturated carbocycles. The highest BCUT2D eigenvalue weighted by Crippen LogP contribution is 2.36. The number of aryl methyl sites for hydroxylation is 1. The van der Waals surface area contributed by atoms with Crippen LogP contribution >= 0.6 is 0 Å². The number of anilines is 1. The van der Waals surface area contributed by atoms with Crippen molar-refractivity contribution in [3.8, 4) is 5.75 Å². The summed E-state index contributed by atoms with van der Waals surface area (Å²) in [7, 11) is 1.59. The number of aliphatic hydroxyl groups excluding tert-OH is 1. The summed E-state index contributed by atoms with van der Waals surface area (Å²) in [5.74, 6) is 0.460. The molecule has 3 aliphatic heterocycles. The van der Waals surface area contributed by atoms with Crippen LogP contribution in [0.4, 0.5) is 5.69 Å². The Labute approximate surface area is 205 Å². The van der Waals surface area contributed by atoms with Gasteiger partial charge in [-0.05, 0) is 69.5 Å². The van der Waals surface area contributed by atoms with Gasteiger partial charge >= 0.3 is 0 Å². The van der Waals surface area contributed by atoms with Gasteiger partial charge in [-0.2, -0.15) is 0 Å². The summed E-state index contributed by atoms with van der Waals surface area (Å²) in [6, 6.07) is 5.51. The van der Waals surface area contributed by atoms with E-state index in [0.29, 0.717) is 36.5 Å². The van der Waals surface area contributed by atoms with Crippen molar-refractivity contribution in [2.75, 3.05) is 45.2 Å². The number of hydrogen-bond donors (Lipinski definition) is 3. The molecule has 8 nitrogen and oxygen atoms in total. The Balaban J connectivity index is 1.37. The molecule has 4 heterocycles. The van der Waals surface area contributed by atoms with Gasteiger partial charge in [0, 0.05) is 42.7 Å². The largest absolute Gasteiger partial charge is 0.497 e. The second kappa shape index (κ2) is 9.87. The number of rotatable bonds is 6. The smallest absolute Gasteiger partial charge is 0.256 e. The highest BCUT2D eigenvalue weighted by Gasteiger charge is 2.30. The fraction of sp³-hybridized carbons (Fsp3) is 0.481. The molecule has 1 saturated heterocycles. The van der Waals surface area contributed by atoms with Crippen LogP contribution in [-0.4, -0.2) is 77.6 Å². The number of amides is 2. The molecule has 5 rings (SSSR count). The molecule has 0 aliphatic carbocycles. The third kappa shape index (κ3) is 4.73. The molecule has 2 amide bonds. The number of methoxy groups -OCH3 is 1. The number of benzene rings is 1. The van der Waals surface area contributed by atoms with Crippen molar-refractivity contribution < 1.29 is 19.4 Å². The number of carbonyl (C=O) groups is 2. The number of piperidine rings is 1. The van der Waals surface area contributed by atoms with Crippen molar-refractivity contribution in [1.82, 2.24) is 14.8 Å². The minimum absolute atomic E-state index is 0.0467. The molecule has 0 spiro atoms. The van der Waals surface area contributed by atoms with E-state index in [1.165, 1.54) is 19.3 Å². The minimum Gasteiger partial charge on any atom is -0.497 e. The van der Waals surface area contributed by atoms with E-state index < -0.39 is 6.10 Å².